The summed E-state index contributed by atoms with van der Waals surface area (Å²) in [5.74, 6) is 0.182. The third-order valence-electron chi connectivity index (χ3n) is 2.58. The lowest BCUT2D eigenvalue weighted by Crippen LogP contribution is -2.53. The Labute approximate surface area is 66.9 Å². The van der Waals surface area contributed by atoms with E-state index < -0.39 is 20.6 Å². The molecule has 0 aliphatic carbocycles. The van der Waals surface area contributed by atoms with Crippen LogP contribution in [0, 0.1) is 0 Å². The maximum atomic E-state index is 11.2. The molecule has 0 spiro atoms. The number of hydrogen-bond donors (Lipinski definition) is 2. The number of hydrogen-bond acceptors (Lipinski definition) is 4. The molecule has 0 aromatic heterocycles. The van der Waals surface area contributed by atoms with Crippen LogP contribution in [0.25, 0.3) is 0 Å². The fourth-order valence-electron chi connectivity index (χ4n) is 1.34. The van der Waals surface area contributed by atoms with E-state index in [1.165, 1.54) is 0 Å². The minimum Gasteiger partial charge on any atom is -0.329 e. The summed E-state index contributed by atoms with van der Waals surface area (Å²) >= 11 is 0. The summed E-state index contributed by atoms with van der Waals surface area (Å²) in [7, 11) is -2.95. The molecule has 5 heteroatoms. The van der Waals surface area contributed by atoms with Gasteiger partial charge in [0.15, 0.2) is 9.84 Å². The Morgan fingerprint density at radius 3 is 2.36 bits per heavy atom. The summed E-state index contributed by atoms with van der Waals surface area (Å²) in [5, 5.41) is -0.486. The molecular weight excluding hydrogens is 164 g/mol. The summed E-state index contributed by atoms with van der Waals surface area (Å²) in [5.41, 5.74) is 10.5. The van der Waals surface area contributed by atoms with E-state index in [4.69, 9.17) is 11.5 Å². The molecule has 1 aliphatic heterocycles. The molecule has 0 radical (unpaired) electrons. The van der Waals surface area contributed by atoms with Crippen LogP contribution in [0.4, 0.5) is 0 Å². The Hall–Kier alpha value is -0.130. The minimum atomic E-state index is -2.95. The van der Waals surface area contributed by atoms with Gasteiger partial charge in [-0.25, -0.2) is 8.42 Å². The lowest BCUT2D eigenvalue weighted by atomic mass is 9.95. The molecule has 1 saturated heterocycles. The summed E-state index contributed by atoms with van der Waals surface area (Å²) in [6.45, 7) is 1.88. The van der Waals surface area contributed by atoms with E-state index in [1.807, 2.05) is 0 Å². The lowest BCUT2D eigenvalue weighted by Gasteiger charge is -2.24. The van der Waals surface area contributed by atoms with Gasteiger partial charge in [-0.15, -0.1) is 0 Å². The molecule has 0 bridgehead atoms. The smallest absolute Gasteiger partial charge is 0.154 e. The minimum absolute atomic E-state index is 0.182. The van der Waals surface area contributed by atoms with Gasteiger partial charge >= 0.3 is 0 Å². The van der Waals surface area contributed by atoms with Gasteiger partial charge in [0.2, 0.25) is 0 Å². The van der Waals surface area contributed by atoms with Gasteiger partial charge in [0.05, 0.1) is 11.0 Å². The zero-order valence-corrected chi connectivity index (χ0v) is 7.39. The van der Waals surface area contributed by atoms with Crippen molar-refractivity contribution in [3.63, 3.8) is 0 Å². The Balaban J connectivity index is 2.96. The van der Waals surface area contributed by atoms with Gasteiger partial charge in [-0.3, -0.25) is 0 Å². The third-order valence-corrected chi connectivity index (χ3v) is 4.90. The SMILES string of the molecule is CC1C(N)(CN)CCS1(=O)=O. The van der Waals surface area contributed by atoms with E-state index in [0.717, 1.165) is 0 Å². The van der Waals surface area contributed by atoms with E-state index in [9.17, 15) is 8.42 Å². The van der Waals surface area contributed by atoms with Crippen LogP contribution in [0.2, 0.25) is 0 Å². The average molecular weight is 178 g/mol. The Kier molecular flexibility index (Phi) is 1.98. The number of nitrogens with two attached hydrogens (primary N) is 2. The molecule has 1 aliphatic rings. The molecule has 0 aromatic rings. The first-order chi connectivity index (χ1) is 4.92. The van der Waals surface area contributed by atoms with Gasteiger partial charge in [0, 0.05) is 12.1 Å². The molecule has 1 rings (SSSR count). The molecule has 2 atom stereocenters. The first-order valence-electron chi connectivity index (χ1n) is 3.63. The summed E-state index contributed by atoms with van der Waals surface area (Å²) in [6.07, 6.45) is 0.493. The van der Waals surface area contributed by atoms with Crippen molar-refractivity contribution >= 4 is 9.84 Å². The monoisotopic (exact) mass is 178 g/mol. The molecular formula is C6H14N2O2S. The second-order valence-corrected chi connectivity index (χ2v) is 5.64. The predicted molar refractivity (Wildman–Crippen MR) is 43.8 cm³/mol. The van der Waals surface area contributed by atoms with Gasteiger partial charge in [-0.05, 0) is 13.3 Å². The normalized spacial score (nSPS) is 42.6. The Morgan fingerprint density at radius 2 is 2.18 bits per heavy atom. The van der Waals surface area contributed by atoms with Crippen LogP contribution < -0.4 is 11.5 Å². The van der Waals surface area contributed by atoms with Crippen molar-refractivity contribution in [3.8, 4) is 0 Å². The van der Waals surface area contributed by atoms with Gasteiger partial charge in [0.1, 0.15) is 0 Å². The van der Waals surface area contributed by atoms with E-state index in [2.05, 4.69) is 0 Å². The van der Waals surface area contributed by atoms with Crippen LogP contribution in [-0.2, 0) is 9.84 Å². The molecule has 0 amide bonds. The quantitative estimate of drug-likeness (QED) is 0.531. The lowest BCUT2D eigenvalue weighted by molar-refractivity contribution is 0.434. The molecule has 4 N–H and O–H groups in total. The third kappa shape index (κ3) is 1.28. The topological polar surface area (TPSA) is 86.2 Å². The highest BCUT2D eigenvalue weighted by molar-refractivity contribution is 7.92. The highest BCUT2D eigenvalue weighted by atomic mass is 32.2. The molecule has 1 heterocycles. The standard InChI is InChI=1S/C6H14N2O2S/c1-5-6(8,4-7)2-3-11(5,9)10/h5H,2-4,7-8H2,1H3. The molecule has 66 valence electrons. The van der Waals surface area contributed by atoms with Crippen LogP contribution in [0.3, 0.4) is 0 Å². The van der Waals surface area contributed by atoms with Gasteiger partial charge in [0.25, 0.3) is 0 Å². The first kappa shape index (κ1) is 8.96. The van der Waals surface area contributed by atoms with Crippen molar-refractivity contribution < 1.29 is 8.42 Å². The summed E-state index contributed by atoms with van der Waals surface area (Å²) in [6, 6.07) is 0. The highest BCUT2D eigenvalue weighted by Gasteiger charge is 2.45. The summed E-state index contributed by atoms with van der Waals surface area (Å²) in [4.78, 5) is 0. The fourth-order valence-corrected chi connectivity index (χ4v) is 3.29. The molecule has 4 nitrogen and oxygen atoms in total. The average Bonchev–Trinajstić information content (AvgIpc) is 2.16. The van der Waals surface area contributed by atoms with Crippen molar-refractivity contribution in [2.24, 2.45) is 11.5 Å². The van der Waals surface area contributed by atoms with Crippen LogP contribution >= 0.6 is 0 Å². The van der Waals surface area contributed by atoms with Crippen molar-refractivity contribution in [3.05, 3.63) is 0 Å². The maximum Gasteiger partial charge on any atom is 0.154 e. The maximum absolute atomic E-state index is 11.2. The second kappa shape index (κ2) is 2.43. The van der Waals surface area contributed by atoms with E-state index in [0.29, 0.717) is 6.42 Å². The molecule has 11 heavy (non-hydrogen) atoms. The molecule has 0 aromatic carbocycles. The van der Waals surface area contributed by atoms with Crippen LogP contribution in [-0.4, -0.2) is 31.5 Å². The number of rotatable bonds is 1. The van der Waals surface area contributed by atoms with E-state index in [1.54, 1.807) is 6.92 Å². The number of sulfone groups is 1. The highest BCUT2D eigenvalue weighted by Crippen LogP contribution is 2.27. The van der Waals surface area contributed by atoms with Crippen molar-refractivity contribution in [1.29, 1.82) is 0 Å². The predicted octanol–water partition coefficient (Wildman–Crippen LogP) is -1.15. The second-order valence-electron chi connectivity index (χ2n) is 3.20. The zero-order valence-electron chi connectivity index (χ0n) is 6.58. The van der Waals surface area contributed by atoms with Crippen LogP contribution in [0.15, 0.2) is 0 Å². The largest absolute Gasteiger partial charge is 0.329 e. The molecule has 1 fully saturated rings. The Bertz CT molecular complexity index is 249. The van der Waals surface area contributed by atoms with Crippen molar-refractivity contribution in [1.82, 2.24) is 0 Å². The van der Waals surface area contributed by atoms with Gasteiger partial charge < -0.3 is 11.5 Å². The first-order valence-corrected chi connectivity index (χ1v) is 5.34. The molecule has 2 unspecified atom stereocenters. The van der Waals surface area contributed by atoms with E-state index >= 15 is 0 Å². The van der Waals surface area contributed by atoms with E-state index in [-0.39, 0.29) is 12.3 Å². The van der Waals surface area contributed by atoms with Crippen LogP contribution in [0.5, 0.6) is 0 Å². The van der Waals surface area contributed by atoms with Crippen molar-refractivity contribution in [2.45, 2.75) is 24.1 Å². The van der Waals surface area contributed by atoms with Crippen LogP contribution in [0.1, 0.15) is 13.3 Å². The summed E-state index contributed by atoms with van der Waals surface area (Å²) < 4.78 is 22.4. The van der Waals surface area contributed by atoms with Gasteiger partial charge in [-0.1, -0.05) is 0 Å². The Morgan fingerprint density at radius 1 is 1.64 bits per heavy atom. The molecule has 0 saturated carbocycles. The van der Waals surface area contributed by atoms with Gasteiger partial charge in [-0.2, -0.15) is 0 Å². The fraction of sp³-hybridized carbons (Fsp3) is 1.00. The van der Waals surface area contributed by atoms with Crippen molar-refractivity contribution in [2.75, 3.05) is 12.3 Å². The zero-order chi connectivity index (χ0) is 8.70.